The number of esters is 1. The minimum absolute atomic E-state index is 0.365. The van der Waals surface area contributed by atoms with E-state index in [1.165, 1.54) is 19.2 Å². The first-order valence-corrected chi connectivity index (χ1v) is 5.29. The van der Waals surface area contributed by atoms with Gasteiger partial charge < -0.3 is 10.1 Å². The molecule has 0 saturated carbocycles. The molecule has 0 radical (unpaired) electrons. The summed E-state index contributed by atoms with van der Waals surface area (Å²) in [7, 11) is 1.31. The van der Waals surface area contributed by atoms with Crippen molar-refractivity contribution >= 4 is 5.97 Å². The molecule has 0 saturated heterocycles. The first-order chi connectivity index (χ1) is 8.02. The molecule has 1 aromatic carbocycles. The average Bonchev–Trinajstić information content (AvgIpc) is 2.26. The minimum Gasteiger partial charge on any atom is -0.468 e. The van der Waals surface area contributed by atoms with E-state index in [0.29, 0.717) is 18.5 Å². The summed E-state index contributed by atoms with van der Waals surface area (Å²) in [6.45, 7) is 2.11. The quantitative estimate of drug-likeness (QED) is 0.799. The Balaban J connectivity index is 2.43. The minimum atomic E-state index is -0.596. The molecule has 17 heavy (non-hydrogen) atoms. The molecule has 0 amide bonds. The zero-order chi connectivity index (χ0) is 12.8. The van der Waals surface area contributed by atoms with Crippen LogP contribution in [0.1, 0.15) is 12.5 Å². The van der Waals surface area contributed by atoms with Crippen LogP contribution in [-0.2, 0) is 16.0 Å². The summed E-state index contributed by atoms with van der Waals surface area (Å²) in [4.78, 5) is 11.1. The maximum absolute atomic E-state index is 12.9. The number of methoxy groups -OCH3 is 1. The van der Waals surface area contributed by atoms with E-state index in [2.05, 4.69) is 10.1 Å². The van der Waals surface area contributed by atoms with Gasteiger partial charge in [0, 0.05) is 6.07 Å². The topological polar surface area (TPSA) is 38.3 Å². The van der Waals surface area contributed by atoms with Gasteiger partial charge in [-0.2, -0.15) is 0 Å². The Labute approximate surface area is 98.8 Å². The molecule has 94 valence electrons. The Morgan fingerprint density at radius 2 is 1.94 bits per heavy atom. The van der Waals surface area contributed by atoms with Crippen molar-refractivity contribution in [1.29, 1.82) is 0 Å². The Morgan fingerprint density at radius 3 is 2.47 bits per heavy atom. The number of hydrogen-bond donors (Lipinski definition) is 1. The van der Waals surface area contributed by atoms with Gasteiger partial charge in [0.25, 0.3) is 0 Å². The fraction of sp³-hybridized carbons (Fsp3) is 0.417. The second-order valence-corrected chi connectivity index (χ2v) is 3.73. The fourth-order valence-electron chi connectivity index (χ4n) is 1.45. The lowest BCUT2D eigenvalue weighted by atomic mass is 10.1. The Bertz CT molecular complexity index is 376. The number of carbonyl (C=O) groups excluding carboxylic acids is 1. The van der Waals surface area contributed by atoms with Crippen molar-refractivity contribution in [2.24, 2.45) is 0 Å². The third-order valence-electron chi connectivity index (χ3n) is 2.34. The van der Waals surface area contributed by atoms with E-state index in [-0.39, 0.29) is 5.97 Å². The summed E-state index contributed by atoms with van der Waals surface area (Å²) in [5.74, 6) is -1.56. The molecule has 0 aromatic heterocycles. The van der Waals surface area contributed by atoms with Crippen molar-refractivity contribution in [3.8, 4) is 0 Å². The van der Waals surface area contributed by atoms with Crippen molar-refractivity contribution in [1.82, 2.24) is 5.32 Å². The van der Waals surface area contributed by atoms with E-state index < -0.39 is 17.7 Å². The largest absolute Gasteiger partial charge is 0.468 e. The van der Waals surface area contributed by atoms with E-state index in [1.807, 2.05) is 0 Å². The molecule has 0 heterocycles. The van der Waals surface area contributed by atoms with Gasteiger partial charge in [0.2, 0.25) is 0 Å². The van der Waals surface area contributed by atoms with Crippen LogP contribution in [0.4, 0.5) is 8.78 Å². The lowest BCUT2D eigenvalue weighted by molar-refractivity contribution is -0.142. The van der Waals surface area contributed by atoms with Gasteiger partial charge in [-0.15, -0.1) is 0 Å². The Morgan fingerprint density at radius 1 is 1.35 bits per heavy atom. The maximum Gasteiger partial charge on any atom is 0.322 e. The zero-order valence-electron chi connectivity index (χ0n) is 9.80. The summed E-state index contributed by atoms with van der Waals surface area (Å²) < 4.78 is 30.3. The first-order valence-electron chi connectivity index (χ1n) is 5.29. The average molecular weight is 243 g/mol. The van der Waals surface area contributed by atoms with Crippen LogP contribution in [0.15, 0.2) is 18.2 Å². The van der Waals surface area contributed by atoms with Crippen LogP contribution in [0.25, 0.3) is 0 Å². The van der Waals surface area contributed by atoms with Crippen LogP contribution in [0, 0.1) is 11.6 Å². The van der Waals surface area contributed by atoms with E-state index >= 15 is 0 Å². The van der Waals surface area contributed by atoms with Gasteiger partial charge in [-0.3, -0.25) is 4.79 Å². The van der Waals surface area contributed by atoms with Crippen LogP contribution in [0.3, 0.4) is 0 Å². The van der Waals surface area contributed by atoms with Crippen molar-refractivity contribution in [2.75, 3.05) is 13.7 Å². The highest BCUT2D eigenvalue weighted by atomic mass is 19.1. The second-order valence-electron chi connectivity index (χ2n) is 3.73. The Hall–Kier alpha value is -1.49. The van der Waals surface area contributed by atoms with Crippen LogP contribution in [-0.4, -0.2) is 25.7 Å². The molecule has 5 heteroatoms. The van der Waals surface area contributed by atoms with E-state index in [1.54, 1.807) is 6.92 Å². The summed E-state index contributed by atoms with van der Waals surface area (Å²) in [6, 6.07) is 2.94. The van der Waals surface area contributed by atoms with Crippen LogP contribution in [0.5, 0.6) is 0 Å². The van der Waals surface area contributed by atoms with E-state index in [4.69, 9.17) is 0 Å². The number of hydrogen-bond acceptors (Lipinski definition) is 3. The van der Waals surface area contributed by atoms with Gasteiger partial charge in [0.15, 0.2) is 0 Å². The second kappa shape index (κ2) is 6.30. The molecule has 1 N–H and O–H groups in total. The van der Waals surface area contributed by atoms with E-state index in [9.17, 15) is 13.6 Å². The third kappa shape index (κ3) is 4.48. The van der Waals surface area contributed by atoms with Gasteiger partial charge in [-0.1, -0.05) is 0 Å². The SMILES string of the molecule is COC(=O)C(C)NCCc1cc(F)cc(F)c1. The number of nitrogens with one attached hydrogen (secondary N) is 1. The van der Waals surface area contributed by atoms with Crippen molar-refractivity contribution in [3.05, 3.63) is 35.4 Å². The molecule has 0 bridgehead atoms. The van der Waals surface area contributed by atoms with Gasteiger partial charge in [-0.05, 0) is 37.6 Å². The molecule has 1 aromatic rings. The van der Waals surface area contributed by atoms with Crippen LogP contribution < -0.4 is 5.32 Å². The number of halogens is 2. The predicted octanol–water partition coefficient (Wildman–Crippen LogP) is 1.66. The number of benzene rings is 1. The first kappa shape index (κ1) is 13.6. The van der Waals surface area contributed by atoms with Crippen molar-refractivity contribution in [2.45, 2.75) is 19.4 Å². The summed E-state index contributed by atoms with van der Waals surface area (Å²) >= 11 is 0. The Kier molecular flexibility index (Phi) is 5.03. The number of rotatable bonds is 5. The van der Waals surface area contributed by atoms with Crippen molar-refractivity contribution < 1.29 is 18.3 Å². The third-order valence-corrected chi connectivity index (χ3v) is 2.34. The molecule has 0 fully saturated rings. The highest BCUT2D eigenvalue weighted by Gasteiger charge is 2.11. The smallest absolute Gasteiger partial charge is 0.322 e. The highest BCUT2D eigenvalue weighted by molar-refractivity contribution is 5.75. The molecule has 1 atom stereocenters. The summed E-state index contributed by atoms with van der Waals surface area (Å²) in [5, 5.41) is 2.90. The highest BCUT2D eigenvalue weighted by Crippen LogP contribution is 2.08. The molecule has 0 spiro atoms. The van der Waals surface area contributed by atoms with E-state index in [0.717, 1.165) is 6.07 Å². The molecule has 3 nitrogen and oxygen atoms in total. The molecular weight excluding hydrogens is 228 g/mol. The number of ether oxygens (including phenoxy) is 1. The normalized spacial score (nSPS) is 12.2. The monoisotopic (exact) mass is 243 g/mol. The molecule has 0 aliphatic carbocycles. The van der Waals surface area contributed by atoms with Gasteiger partial charge >= 0.3 is 5.97 Å². The van der Waals surface area contributed by atoms with Crippen molar-refractivity contribution in [3.63, 3.8) is 0 Å². The molecule has 1 rings (SSSR count). The zero-order valence-corrected chi connectivity index (χ0v) is 9.80. The molecular formula is C12H15F2NO2. The number of carbonyl (C=O) groups is 1. The van der Waals surface area contributed by atoms with Crippen LogP contribution in [0.2, 0.25) is 0 Å². The lowest BCUT2D eigenvalue weighted by Gasteiger charge is -2.11. The molecule has 0 aliphatic rings. The standard InChI is InChI=1S/C12H15F2NO2/c1-8(12(16)17-2)15-4-3-9-5-10(13)7-11(14)6-9/h5-8,15H,3-4H2,1-2H3. The summed E-state index contributed by atoms with van der Waals surface area (Å²) in [5.41, 5.74) is 0.548. The van der Waals surface area contributed by atoms with Gasteiger partial charge in [0.05, 0.1) is 7.11 Å². The fourth-order valence-corrected chi connectivity index (χ4v) is 1.45. The van der Waals surface area contributed by atoms with Gasteiger partial charge in [-0.25, -0.2) is 8.78 Å². The summed E-state index contributed by atoms with van der Waals surface area (Å²) in [6.07, 6.45) is 0.440. The molecule has 0 aliphatic heterocycles. The van der Waals surface area contributed by atoms with Gasteiger partial charge in [0.1, 0.15) is 17.7 Å². The predicted molar refractivity (Wildman–Crippen MR) is 59.5 cm³/mol. The lowest BCUT2D eigenvalue weighted by Crippen LogP contribution is -2.36. The maximum atomic E-state index is 12.9. The van der Waals surface area contributed by atoms with Crippen LogP contribution >= 0.6 is 0 Å². The molecule has 1 unspecified atom stereocenters.